The van der Waals surface area contributed by atoms with Gasteiger partial charge in [-0.2, -0.15) is 0 Å². The number of carbonyl (C=O) groups excluding carboxylic acids is 1. The minimum Gasteiger partial charge on any atom is -0.459 e. The Morgan fingerprint density at radius 1 is 0.523 bits per heavy atom. The third-order valence-electron chi connectivity index (χ3n) is 7.74. The average molecular weight is 595 g/mol. The highest BCUT2D eigenvalue weighted by atomic mass is 16.6. The average Bonchev–Trinajstić information content (AvgIpc) is 3.07. The summed E-state index contributed by atoms with van der Waals surface area (Å²) in [5.41, 5.74) is 4.16. The number of hydrogen-bond donors (Lipinski definition) is 0. The molecule has 0 aromatic heterocycles. The van der Waals surface area contributed by atoms with Crippen molar-refractivity contribution < 1.29 is 28.5 Å². The number of hydrogen-bond acceptors (Lipinski definition) is 6. The van der Waals surface area contributed by atoms with Gasteiger partial charge in [0.15, 0.2) is 0 Å². The summed E-state index contributed by atoms with van der Waals surface area (Å²) in [6.45, 7) is 3.44. The summed E-state index contributed by atoms with van der Waals surface area (Å²) >= 11 is 0. The van der Waals surface area contributed by atoms with E-state index in [-0.39, 0.29) is 5.97 Å². The first-order valence-corrected chi connectivity index (χ1v) is 15.5. The number of benzene rings is 4. The summed E-state index contributed by atoms with van der Waals surface area (Å²) in [4.78, 5) is 12.9. The van der Waals surface area contributed by atoms with Gasteiger partial charge in [0.1, 0.15) is 24.4 Å². The van der Waals surface area contributed by atoms with Gasteiger partial charge in [-0.15, -0.1) is 0 Å². The second kappa shape index (κ2) is 16.9. The van der Waals surface area contributed by atoms with Crippen molar-refractivity contribution in [1.29, 1.82) is 0 Å². The summed E-state index contributed by atoms with van der Waals surface area (Å²) in [6.07, 6.45) is -1.15. The molecule has 4 aromatic rings. The van der Waals surface area contributed by atoms with E-state index in [1.807, 2.05) is 128 Å². The lowest BCUT2D eigenvalue weighted by molar-refractivity contribution is -0.246. The largest absolute Gasteiger partial charge is 0.459 e. The predicted octanol–water partition coefficient (Wildman–Crippen LogP) is 7.44. The Labute approximate surface area is 260 Å². The van der Waals surface area contributed by atoms with E-state index >= 15 is 0 Å². The van der Waals surface area contributed by atoms with Crippen LogP contribution in [0.3, 0.4) is 0 Å². The van der Waals surface area contributed by atoms with E-state index in [2.05, 4.69) is 0 Å². The van der Waals surface area contributed by atoms with Crippen LogP contribution < -0.4 is 0 Å². The number of ether oxygens (including phenoxy) is 5. The predicted molar refractivity (Wildman–Crippen MR) is 169 cm³/mol. The first-order chi connectivity index (χ1) is 21.7. The van der Waals surface area contributed by atoms with E-state index in [4.69, 9.17) is 23.7 Å². The maximum atomic E-state index is 12.9. The lowest BCUT2D eigenvalue weighted by atomic mass is 9.86. The Morgan fingerprint density at radius 3 is 1.30 bits per heavy atom. The minimum absolute atomic E-state index is 0.252. The summed E-state index contributed by atoms with van der Waals surface area (Å²) in [5, 5.41) is 0. The summed E-state index contributed by atoms with van der Waals surface area (Å²) in [6, 6.07) is 40.2. The molecule has 1 aliphatic carbocycles. The Morgan fingerprint density at radius 2 is 0.886 bits per heavy atom. The molecule has 0 unspecified atom stereocenters. The van der Waals surface area contributed by atoms with Crippen LogP contribution in [0.15, 0.2) is 121 Å². The molecule has 0 heterocycles. The third kappa shape index (κ3) is 9.34. The monoisotopic (exact) mass is 594 g/mol. The lowest BCUT2D eigenvalue weighted by Gasteiger charge is -2.45. The molecule has 0 spiro atoms. The van der Waals surface area contributed by atoms with Gasteiger partial charge in [-0.1, -0.05) is 128 Å². The van der Waals surface area contributed by atoms with Crippen LogP contribution in [0.25, 0.3) is 0 Å². The van der Waals surface area contributed by atoms with Crippen molar-refractivity contribution in [2.24, 2.45) is 0 Å². The molecule has 1 saturated carbocycles. The van der Waals surface area contributed by atoms with Crippen LogP contribution in [-0.4, -0.2) is 36.5 Å². The van der Waals surface area contributed by atoms with Crippen molar-refractivity contribution in [1.82, 2.24) is 0 Å². The van der Waals surface area contributed by atoms with Crippen LogP contribution in [0.5, 0.6) is 0 Å². The van der Waals surface area contributed by atoms with E-state index in [1.54, 1.807) is 0 Å². The molecule has 0 bridgehead atoms. The fourth-order valence-electron chi connectivity index (χ4n) is 5.49. The van der Waals surface area contributed by atoms with Gasteiger partial charge in [-0.05, 0) is 28.7 Å². The zero-order valence-electron chi connectivity index (χ0n) is 25.3. The van der Waals surface area contributed by atoms with Gasteiger partial charge in [0, 0.05) is 12.8 Å². The molecular formula is C38H42O6. The molecule has 1 aliphatic rings. The van der Waals surface area contributed by atoms with Crippen molar-refractivity contribution in [2.45, 2.75) is 83.1 Å². The third-order valence-corrected chi connectivity index (χ3v) is 7.74. The van der Waals surface area contributed by atoms with E-state index < -0.39 is 30.5 Å². The molecule has 5 atom stereocenters. The first-order valence-electron chi connectivity index (χ1n) is 15.5. The molecule has 6 nitrogen and oxygen atoms in total. The molecule has 44 heavy (non-hydrogen) atoms. The van der Waals surface area contributed by atoms with Crippen molar-refractivity contribution in [3.63, 3.8) is 0 Å². The summed E-state index contributed by atoms with van der Waals surface area (Å²) < 4.78 is 32.7. The van der Waals surface area contributed by atoms with Crippen LogP contribution >= 0.6 is 0 Å². The van der Waals surface area contributed by atoms with Gasteiger partial charge < -0.3 is 23.7 Å². The Balaban J connectivity index is 1.46. The summed E-state index contributed by atoms with van der Waals surface area (Å²) in [5.74, 6) is -0.252. The highest BCUT2D eigenvalue weighted by Crippen LogP contribution is 2.34. The standard InChI is InChI=1S/C38H42O6/c1-2-15-35(39)44-34-24-33(40-25-29-16-7-3-8-17-29)36(41-26-30-18-9-4-10-19-30)38(43-28-32-22-13-6-14-23-32)37(34)42-27-31-20-11-5-12-21-31/h3-14,16-23,33-34,36-38H,2,15,24-28H2,1H3/t33-,34-,36+,37-,38-/m0/s1. The van der Waals surface area contributed by atoms with Crippen LogP contribution in [-0.2, 0) is 54.9 Å². The SMILES string of the molecule is CCCC(=O)O[C@H]1C[C@H](OCc2ccccc2)[C@@H](OCc2ccccc2)[C@H](OCc2ccccc2)[C@H]1OCc1ccccc1. The number of carbonyl (C=O) groups is 1. The number of rotatable bonds is 15. The first kappa shape index (κ1) is 31.6. The highest BCUT2D eigenvalue weighted by molar-refractivity contribution is 5.69. The van der Waals surface area contributed by atoms with Crippen molar-refractivity contribution >= 4 is 5.97 Å². The molecule has 0 aliphatic heterocycles. The number of esters is 1. The Bertz CT molecular complexity index is 1370. The van der Waals surface area contributed by atoms with Gasteiger partial charge >= 0.3 is 5.97 Å². The van der Waals surface area contributed by atoms with E-state index in [0.29, 0.717) is 45.7 Å². The Hall–Kier alpha value is -3.81. The second-order valence-corrected chi connectivity index (χ2v) is 11.1. The maximum absolute atomic E-state index is 12.9. The minimum atomic E-state index is -0.573. The molecule has 5 rings (SSSR count). The molecule has 0 radical (unpaired) electrons. The molecule has 6 heteroatoms. The Kier molecular flexibility index (Phi) is 12.1. The molecule has 0 amide bonds. The highest BCUT2D eigenvalue weighted by Gasteiger charge is 2.49. The van der Waals surface area contributed by atoms with Crippen LogP contribution in [0, 0.1) is 0 Å². The maximum Gasteiger partial charge on any atom is 0.306 e. The zero-order chi connectivity index (χ0) is 30.4. The fraction of sp³-hybridized carbons (Fsp3) is 0.342. The zero-order valence-corrected chi connectivity index (χ0v) is 25.3. The molecular weight excluding hydrogens is 552 g/mol. The topological polar surface area (TPSA) is 63.2 Å². The molecule has 4 aromatic carbocycles. The second-order valence-electron chi connectivity index (χ2n) is 11.1. The van der Waals surface area contributed by atoms with Gasteiger partial charge in [0.25, 0.3) is 0 Å². The molecule has 230 valence electrons. The molecule has 1 fully saturated rings. The van der Waals surface area contributed by atoms with E-state index in [9.17, 15) is 4.79 Å². The van der Waals surface area contributed by atoms with Crippen LogP contribution in [0.2, 0.25) is 0 Å². The quantitative estimate of drug-likeness (QED) is 0.133. The van der Waals surface area contributed by atoms with Crippen LogP contribution in [0.1, 0.15) is 48.4 Å². The van der Waals surface area contributed by atoms with E-state index in [1.165, 1.54) is 0 Å². The lowest BCUT2D eigenvalue weighted by Crippen LogP contribution is -2.60. The van der Waals surface area contributed by atoms with Gasteiger partial charge in [0.05, 0.1) is 32.5 Å². The van der Waals surface area contributed by atoms with E-state index in [0.717, 1.165) is 22.3 Å². The summed E-state index contributed by atoms with van der Waals surface area (Å²) in [7, 11) is 0. The molecule has 0 N–H and O–H groups in total. The van der Waals surface area contributed by atoms with Gasteiger partial charge in [-0.25, -0.2) is 0 Å². The fourth-order valence-corrected chi connectivity index (χ4v) is 5.49. The smallest absolute Gasteiger partial charge is 0.306 e. The normalized spacial score (nSPS) is 21.5. The van der Waals surface area contributed by atoms with Crippen molar-refractivity contribution in [2.75, 3.05) is 0 Å². The van der Waals surface area contributed by atoms with Gasteiger partial charge in [0.2, 0.25) is 0 Å². The van der Waals surface area contributed by atoms with Crippen LogP contribution in [0.4, 0.5) is 0 Å². The van der Waals surface area contributed by atoms with Crippen molar-refractivity contribution in [3.8, 4) is 0 Å². The van der Waals surface area contributed by atoms with Gasteiger partial charge in [-0.3, -0.25) is 4.79 Å². The molecule has 0 saturated heterocycles. The van der Waals surface area contributed by atoms with Crippen molar-refractivity contribution in [3.05, 3.63) is 144 Å².